The smallest absolute Gasteiger partial charge is 0.333 e. The van der Waals surface area contributed by atoms with Crippen molar-refractivity contribution in [3.63, 3.8) is 0 Å². The lowest BCUT2D eigenvalue weighted by atomic mass is 10.2. The van der Waals surface area contributed by atoms with E-state index in [0.29, 0.717) is 18.6 Å². The zero-order valence-corrected chi connectivity index (χ0v) is 14.8. The van der Waals surface area contributed by atoms with Crippen molar-refractivity contribution in [2.45, 2.75) is 39.0 Å². The van der Waals surface area contributed by atoms with Gasteiger partial charge in [-0.25, -0.2) is 4.79 Å². The van der Waals surface area contributed by atoms with Crippen LogP contribution in [-0.4, -0.2) is 63.0 Å². The third-order valence-electron chi connectivity index (χ3n) is 3.41. The summed E-state index contributed by atoms with van der Waals surface area (Å²) in [5.41, 5.74) is 0.415. The summed E-state index contributed by atoms with van der Waals surface area (Å²) in [5.74, 6) is -0.497. The van der Waals surface area contributed by atoms with Gasteiger partial charge in [0, 0.05) is 12.0 Å². The zero-order valence-electron chi connectivity index (χ0n) is 14.0. The molecule has 0 aliphatic rings. The molecule has 0 saturated heterocycles. The normalized spacial score (nSPS) is 12.2. The first-order chi connectivity index (χ1) is 10.0. The Bertz CT molecular complexity index is 457. The molecule has 130 valence electrons. The second-order valence-electron chi connectivity index (χ2n) is 6.35. The summed E-state index contributed by atoms with van der Waals surface area (Å²) in [7, 11) is 0.428. The van der Waals surface area contributed by atoms with Crippen molar-refractivity contribution in [2.75, 3.05) is 39.5 Å². The van der Waals surface area contributed by atoms with E-state index in [9.17, 15) is 13.2 Å². The molecule has 0 rings (SSSR count). The topological polar surface area (TPSA) is 80.7 Å². The number of quaternary nitrogens is 1. The molecule has 0 aromatic rings. The van der Waals surface area contributed by atoms with E-state index in [4.69, 9.17) is 9.29 Å². The zero-order chi connectivity index (χ0) is 17.2. The van der Waals surface area contributed by atoms with E-state index in [0.717, 1.165) is 43.3 Å². The molecule has 0 spiro atoms. The second-order valence-corrected chi connectivity index (χ2v) is 7.93. The summed E-state index contributed by atoms with van der Waals surface area (Å²) in [6.07, 6.45) is 4.06. The highest BCUT2D eigenvalue weighted by atomic mass is 32.2. The molecular formula is C15H30NO5S+. The summed E-state index contributed by atoms with van der Waals surface area (Å²) in [4.78, 5) is 11.2. The van der Waals surface area contributed by atoms with Gasteiger partial charge in [-0.1, -0.05) is 13.0 Å². The number of hydrogen-bond donors (Lipinski definition) is 1. The molecule has 0 atom stereocenters. The van der Waals surface area contributed by atoms with E-state index in [1.165, 1.54) is 0 Å². The van der Waals surface area contributed by atoms with Crippen LogP contribution in [0.2, 0.25) is 0 Å². The number of carbonyl (C=O) groups is 1. The number of unbranched alkanes of at least 4 members (excludes halogenated alkanes) is 3. The van der Waals surface area contributed by atoms with E-state index in [2.05, 4.69) is 20.7 Å². The van der Waals surface area contributed by atoms with Gasteiger partial charge in [0.1, 0.15) is 0 Å². The van der Waals surface area contributed by atoms with Crippen LogP contribution in [0.15, 0.2) is 12.2 Å². The number of ether oxygens (including phenoxy) is 1. The van der Waals surface area contributed by atoms with Crippen LogP contribution in [0.25, 0.3) is 0 Å². The average molecular weight is 336 g/mol. The molecule has 0 radical (unpaired) electrons. The SMILES string of the molecule is C=C(C)C(=O)OCCC[N+](C)(C)CCCCCCS(=O)(=O)O. The van der Waals surface area contributed by atoms with Crippen LogP contribution < -0.4 is 0 Å². The molecule has 0 aliphatic carbocycles. The van der Waals surface area contributed by atoms with Gasteiger partial charge in [-0.2, -0.15) is 8.42 Å². The molecular weight excluding hydrogens is 306 g/mol. The Labute approximate surface area is 134 Å². The van der Waals surface area contributed by atoms with Crippen molar-refractivity contribution in [1.29, 1.82) is 0 Å². The van der Waals surface area contributed by atoms with E-state index in [1.807, 2.05) is 0 Å². The molecule has 6 nitrogen and oxygen atoms in total. The average Bonchev–Trinajstić information content (AvgIpc) is 2.37. The summed E-state index contributed by atoms with van der Waals surface area (Å²) in [6, 6.07) is 0. The molecule has 0 unspecified atom stereocenters. The largest absolute Gasteiger partial charge is 0.462 e. The van der Waals surface area contributed by atoms with Crippen molar-refractivity contribution < 1.29 is 27.0 Å². The Hall–Kier alpha value is -0.920. The quantitative estimate of drug-likeness (QED) is 0.194. The minimum atomic E-state index is -3.82. The van der Waals surface area contributed by atoms with Crippen molar-refractivity contribution in [1.82, 2.24) is 0 Å². The Morgan fingerprint density at radius 1 is 1.09 bits per heavy atom. The van der Waals surface area contributed by atoms with Gasteiger partial charge in [-0.05, 0) is 26.2 Å². The van der Waals surface area contributed by atoms with E-state index in [1.54, 1.807) is 6.92 Å². The maximum atomic E-state index is 11.2. The van der Waals surface area contributed by atoms with Gasteiger partial charge in [0.2, 0.25) is 0 Å². The summed E-state index contributed by atoms with van der Waals surface area (Å²) >= 11 is 0. The molecule has 22 heavy (non-hydrogen) atoms. The van der Waals surface area contributed by atoms with Crippen LogP contribution in [0.3, 0.4) is 0 Å². The minimum Gasteiger partial charge on any atom is -0.462 e. The number of rotatable bonds is 12. The molecule has 0 amide bonds. The Kier molecular flexibility index (Phi) is 9.55. The minimum absolute atomic E-state index is 0.153. The molecule has 0 heterocycles. The first-order valence-corrected chi connectivity index (χ1v) is 9.24. The van der Waals surface area contributed by atoms with E-state index < -0.39 is 10.1 Å². The summed E-state index contributed by atoms with van der Waals surface area (Å²) in [5, 5.41) is 0. The fourth-order valence-corrected chi connectivity index (χ4v) is 2.64. The van der Waals surface area contributed by atoms with Crippen LogP contribution in [0.5, 0.6) is 0 Å². The van der Waals surface area contributed by atoms with E-state index >= 15 is 0 Å². The molecule has 0 fully saturated rings. The van der Waals surface area contributed by atoms with Gasteiger partial charge in [0.05, 0.1) is 39.5 Å². The monoisotopic (exact) mass is 336 g/mol. The van der Waals surface area contributed by atoms with Crippen molar-refractivity contribution in [3.8, 4) is 0 Å². The van der Waals surface area contributed by atoms with Gasteiger partial charge in [0.25, 0.3) is 10.1 Å². The number of carbonyl (C=O) groups excluding carboxylic acids is 1. The first kappa shape index (κ1) is 21.1. The van der Waals surface area contributed by atoms with Crippen LogP contribution >= 0.6 is 0 Å². The molecule has 1 N–H and O–H groups in total. The lowest BCUT2D eigenvalue weighted by molar-refractivity contribution is -0.890. The maximum Gasteiger partial charge on any atom is 0.333 e. The Morgan fingerprint density at radius 3 is 2.18 bits per heavy atom. The molecule has 7 heteroatoms. The third-order valence-corrected chi connectivity index (χ3v) is 4.21. The molecule has 0 aromatic heterocycles. The summed E-state index contributed by atoms with van der Waals surface area (Å²) in [6.45, 7) is 7.46. The Balaban J connectivity index is 3.69. The molecule has 0 aliphatic heterocycles. The van der Waals surface area contributed by atoms with Crippen LogP contribution in [0.1, 0.15) is 39.0 Å². The van der Waals surface area contributed by atoms with Gasteiger partial charge in [-0.15, -0.1) is 0 Å². The van der Waals surface area contributed by atoms with Crippen molar-refractivity contribution in [2.24, 2.45) is 0 Å². The van der Waals surface area contributed by atoms with Crippen LogP contribution in [0.4, 0.5) is 0 Å². The lowest BCUT2D eigenvalue weighted by Gasteiger charge is -2.29. The molecule has 0 bridgehead atoms. The molecule has 0 saturated carbocycles. The van der Waals surface area contributed by atoms with Gasteiger partial charge in [-0.3, -0.25) is 4.55 Å². The second kappa shape index (κ2) is 9.97. The fraction of sp³-hybridized carbons (Fsp3) is 0.800. The van der Waals surface area contributed by atoms with Gasteiger partial charge < -0.3 is 9.22 Å². The van der Waals surface area contributed by atoms with Crippen LogP contribution in [-0.2, 0) is 19.6 Å². The number of esters is 1. The van der Waals surface area contributed by atoms with E-state index in [-0.39, 0.29) is 11.7 Å². The first-order valence-electron chi connectivity index (χ1n) is 7.63. The molecule has 0 aromatic carbocycles. The van der Waals surface area contributed by atoms with Crippen molar-refractivity contribution >= 4 is 16.1 Å². The maximum absolute atomic E-state index is 11.2. The van der Waals surface area contributed by atoms with Crippen LogP contribution in [0, 0.1) is 0 Å². The summed E-state index contributed by atoms with van der Waals surface area (Å²) < 4.78 is 35.7. The number of nitrogens with zero attached hydrogens (tertiary/aromatic N) is 1. The predicted octanol–water partition coefficient (Wildman–Crippen LogP) is 2.02. The van der Waals surface area contributed by atoms with Crippen molar-refractivity contribution in [3.05, 3.63) is 12.2 Å². The highest BCUT2D eigenvalue weighted by Gasteiger charge is 2.14. The van der Waals surface area contributed by atoms with Gasteiger partial charge in [0.15, 0.2) is 0 Å². The Morgan fingerprint density at radius 2 is 1.64 bits per heavy atom. The standard InChI is InChI=1S/C15H29NO5S/c1-14(2)15(17)21-12-9-11-16(3,4)10-7-5-6-8-13-22(18,19)20/h1,5-13H2,2-4H3/p+1. The fourth-order valence-electron chi connectivity index (χ4n) is 2.07. The highest BCUT2D eigenvalue weighted by molar-refractivity contribution is 7.85. The highest BCUT2D eigenvalue weighted by Crippen LogP contribution is 2.07. The number of hydrogen-bond acceptors (Lipinski definition) is 4. The van der Waals surface area contributed by atoms with Gasteiger partial charge >= 0.3 is 5.97 Å². The lowest BCUT2D eigenvalue weighted by Crippen LogP contribution is -2.41. The third kappa shape index (κ3) is 12.8. The predicted molar refractivity (Wildman–Crippen MR) is 87.1 cm³/mol.